The zero-order valence-electron chi connectivity index (χ0n) is 9.87. The van der Waals surface area contributed by atoms with Crippen LogP contribution in [0, 0.1) is 13.8 Å². The van der Waals surface area contributed by atoms with Crippen molar-refractivity contribution in [2.24, 2.45) is 0 Å². The molecule has 0 saturated heterocycles. The highest BCUT2D eigenvalue weighted by Crippen LogP contribution is 2.14. The molecule has 2 rings (SSSR count). The lowest BCUT2D eigenvalue weighted by atomic mass is 10.1. The number of benzene rings is 1. The first-order valence-corrected chi connectivity index (χ1v) is 5.44. The lowest BCUT2D eigenvalue weighted by molar-refractivity contribution is 1.14. The van der Waals surface area contributed by atoms with Gasteiger partial charge in [-0.1, -0.05) is 18.2 Å². The van der Waals surface area contributed by atoms with Crippen LogP contribution in [0.5, 0.6) is 0 Å². The summed E-state index contributed by atoms with van der Waals surface area (Å²) >= 11 is 0. The van der Waals surface area contributed by atoms with E-state index in [9.17, 15) is 4.79 Å². The number of hydrogen-bond donors (Lipinski definition) is 3. The van der Waals surface area contributed by atoms with Crippen LogP contribution in [0.2, 0.25) is 0 Å². The fourth-order valence-corrected chi connectivity index (χ4v) is 1.52. The highest BCUT2D eigenvalue weighted by molar-refractivity contribution is 5.56. The number of hydrazine groups is 1. The van der Waals surface area contributed by atoms with Crippen LogP contribution in [0.15, 0.2) is 41.3 Å². The minimum Gasteiger partial charge on any atom is -0.327 e. The molecule has 0 aliphatic carbocycles. The zero-order valence-corrected chi connectivity index (χ0v) is 9.87. The van der Waals surface area contributed by atoms with Gasteiger partial charge < -0.3 is 10.4 Å². The first-order valence-electron chi connectivity index (χ1n) is 5.44. The molecule has 0 amide bonds. The molecule has 0 radical (unpaired) electrons. The van der Waals surface area contributed by atoms with E-state index in [0.717, 1.165) is 22.5 Å². The average molecular weight is 229 g/mol. The van der Waals surface area contributed by atoms with Gasteiger partial charge in [0.05, 0.1) is 11.4 Å². The summed E-state index contributed by atoms with van der Waals surface area (Å²) in [5.74, 6) is 0. The third kappa shape index (κ3) is 2.47. The van der Waals surface area contributed by atoms with E-state index in [1.807, 2.05) is 44.2 Å². The molecule has 4 heteroatoms. The molecule has 1 aromatic heterocycles. The van der Waals surface area contributed by atoms with Crippen LogP contribution in [0.4, 0.5) is 11.4 Å². The van der Waals surface area contributed by atoms with Gasteiger partial charge in [0.1, 0.15) is 0 Å². The number of aromatic nitrogens is 1. The standard InChI is InChI=1S/C13H15N3O/c1-9-10(2)13(17)14-8-12(9)16-15-11-6-4-3-5-7-11/h3-8,15-16H,1-2H3,(H,14,17). The summed E-state index contributed by atoms with van der Waals surface area (Å²) in [6.07, 6.45) is 1.67. The van der Waals surface area contributed by atoms with E-state index in [1.165, 1.54) is 0 Å². The fraction of sp³-hybridized carbons (Fsp3) is 0.154. The molecular weight excluding hydrogens is 214 g/mol. The van der Waals surface area contributed by atoms with Gasteiger partial charge in [-0.05, 0) is 31.5 Å². The van der Waals surface area contributed by atoms with Gasteiger partial charge in [-0.2, -0.15) is 0 Å². The van der Waals surface area contributed by atoms with Crippen LogP contribution in [-0.4, -0.2) is 4.98 Å². The Morgan fingerprint density at radius 2 is 1.71 bits per heavy atom. The van der Waals surface area contributed by atoms with Gasteiger partial charge in [0.15, 0.2) is 0 Å². The number of para-hydroxylation sites is 1. The molecule has 4 nitrogen and oxygen atoms in total. The maximum Gasteiger partial charge on any atom is 0.251 e. The van der Waals surface area contributed by atoms with Crippen LogP contribution in [0.3, 0.4) is 0 Å². The third-order valence-corrected chi connectivity index (χ3v) is 2.77. The molecule has 2 aromatic rings. The molecular formula is C13H15N3O. The molecule has 88 valence electrons. The molecule has 17 heavy (non-hydrogen) atoms. The summed E-state index contributed by atoms with van der Waals surface area (Å²) < 4.78 is 0. The molecule has 0 bridgehead atoms. The summed E-state index contributed by atoms with van der Waals surface area (Å²) in [5.41, 5.74) is 9.61. The maximum atomic E-state index is 11.4. The predicted molar refractivity (Wildman–Crippen MR) is 70.2 cm³/mol. The minimum atomic E-state index is -0.0484. The van der Waals surface area contributed by atoms with Crippen LogP contribution in [0.1, 0.15) is 11.1 Å². The van der Waals surface area contributed by atoms with Crippen LogP contribution in [0.25, 0.3) is 0 Å². The van der Waals surface area contributed by atoms with Gasteiger partial charge >= 0.3 is 0 Å². The van der Waals surface area contributed by atoms with Crippen molar-refractivity contribution in [3.8, 4) is 0 Å². The smallest absolute Gasteiger partial charge is 0.251 e. The monoisotopic (exact) mass is 229 g/mol. The quantitative estimate of drug-likeness (QED) is 0.708. The van der Waals surface area contributed by atoms with E-state index in [2.05, 4.69) is 15.8 Å². The largest absolute Gasteiger partial charge is 0.327 e. The second-order valence-corrected chi connectivity index (χ2v) is 3.90. The molecule has 0 saturated carbocycles. The van der Waals surface area contributed by atoms with Crippen molar-refractivity contribution in [2.45, 2.75) is 13.8 Å². The number of anilines is 2. The maximum absolute atomic E-state index is 11.4. The van der Waals surface area contributed by atoms with Crippen LogP contribution < -0.4 is 16.4 Å². The molecule has 1 heterocycles. The van der Waals surface area contributed by atoms with Gasteiger partial charge in [-0.3, -0.25) is 10.2 Å². The highest BCUT2D eigenvalue weighted by Gasteiger charge is 2.03. The average Bonchev–Trinajstić information content (AvgIpc) is 2.36. The van der Waals surface area contributed by atoms with Crippen molar-refractivity contribution in [1.82, 2.24) is 4.98 Å². The molecule has 1 aromatic carbocycles. The minimum absolute atomic E-state index is 0.0484. The summed E-state index contributed by atoms with van der Waals surface area (Å²) in [6, 6.07) is 9.78. The van der Waals surface area contributed by atoms with Gasteiger partial charge in [0, 0.05) is 11.8 Å². The number of aromatic amines is 1. The Bertz CT molecular complexity index is 561. The first kappa shape index (κ1) is 11.3. The molecule has 0 atom stereocenters. The SMILES string of the molecule is Cc1c(NNc2ccccc2)c[nH]c(=O)c1C. The molecule has 0 fully saturated rings. The number of hydrogen-bond acceptors (Lipinski definition) is 3. The topological polar surface area (TPSA) is 56.9 Å². The van der Waals surface area contributed by atoms with E-state index < -0.39 is 0 Å². The lowest BCUT2D eigenvalue weighted by Crippen LogP contribution is -2.16. The Balaban J connectivity index is 2.15. The summed E-state index contributed by atoms with van der Waals surface area (Å²) in [5, 5.41) is 0. The molecule has 3 N–H and O–H groups in total. The van der Waals surface area contributed by atoms with Gasteiger partial charge in [0.2, 0.25) is 0 Å². The second kappa shape index (κ2) is 4.74. The molecule has 0 aliphatic heterocycles. The van der Waals surface area contributed by atoms with E-state index in [1.54, 1.807) is 6.20 Å². The van der Waals surface area contributed by atoms with E-state index in [4.69, 9.17) is 0 Å². The van der Waals surface area contributed by atoms with Gasteiger partial charge in [-0.15, -0.1) is 0 Å². The number of pyridine rings is 1. The summed E-state index contributed by atoms with van der Waals surface area (Å²) in [6.45, 7) is 3.72. The highest BCUT2D eigenvalue weighted by atomic mass is 16.1. The van der Waals surface area contributed by atoms with E-state index >= 15 is 0 Å². The summed E-state index contributed by atoms with van der Waals surface area (Å²) in [7, 11) is 0. The molecule has 0 aliphatic rings. The van der Waals surface area contributed by atoms with Crippen molar-refractivity contribution < 1.29 is 0 Å². The van der Waals surface area contributed by atoms with Crippen molar-refractivity contribution in [3.05, 3.63) is 58.0 Å². The fourth-order valence-electron chi connectivity index (χ4n) is 1.52. The molecule has 0 unspecified atom stereocenters. The number of H-pyrrole nitrogens is 1. The lowest BCUT2D eigenvalue weighted by Gasteiger charge is -2.12. The van der Waals surface area contributed by atoms with Crippen molar-refractivity contribution in [3.63, 3.8) is 0 Å². The van der Waals surface area contributed by atoms with Crippen molar-refractivity contribution in [2.75, 3.05) is 10.9 Å². The number of nitrogens with one attached hydrogen (secondary N) is 3. The Hall–Kier alpha value is -2.23. The van der Waals surface area contributed by atoms with Crippen LogP contribution >= 0.6 is 0 Å². The van der Waals surface area contributed by atoms with Crippen molar-refractivity contribution in [1.29, 1.82) is 0 Å². The van der Waals surface area contributed by atoms with E-state index in [0.29, 0.717) is 0 Å². The Morgan fingerprint density at radius 3 is 2.41 bits per heavy atom. The van der Waals surface area contributed by atoms with Gasteiger partial charge in [-0.25, -0.2) is 0 Å². The summed E-state index contributed by atoms with van der Waals surface area (Å²) in [4.78, 5) is 14.0. The van der Waals surface area contributed by atoms with Crippen LogP contribution in [-0.2, 0) is 0 Å². The van der Waals surface area contributed by atoms with E-state index in [-0.39, 0.29) is 5.56 Å². The Labute approximate surface area is 99.7 Å². The zero-order chi connectivity index (χ0) is 12.3. The molecule has 0 spiro atoms. The number of rotatable bonds is 3. The Morgan fingerprint density at radius 1 is 1.00 bits per heavy atom. The van der Waals surface area contributed by atoms with Crippen molar-refractivity contribution >= 4 is 11.4 Å². The first-order chi connectivity index (χ1) is 8.18. The normalized spacial score (nSPS) is 10.0. The Kier molecular flexibility index (Phi) is 3.14. The second-order valence-electron chi connectivity index (χ2n) is 3.90. The van der Waals surface area contributed by atoms with Gasteiger partial charge in [0.25, 0.3) is 5.56 Å². The third-order valence-electron chi connectivity index (χ3n) is 2.77. The predicted octanol–water partition coefficient (Wildman–Crippen LogP) is 2.43.